The standard InChI is InChI=1S/C23H36N2O3/c26-16-21(22(27)19-9-5-2-6-10-19)25-23(28)20-15-18(13-14-24-20)12-11-17-7-3-1-4-8-17/h2,5-6,9-10,17-18,20-22,24,26-27H,1,3-4,7-8,11-16H2,(H,25,28). The number of piperidine rings is 1. The Labute approximate surface area is 168 Å². The van der Waals surface area contributed by atoms with E-state index in [2.05, 4.69) is 10.6 Å². The fraction of sp³-hybridized carbons (Fsp3) is 0.696. The maximum Gasteiger partial charge on any atom is 0.237 e. The van der Waals surface area contributed by atoms with E-state index in [1.165, 1.54) is 44.9 Å². The molecular formula is C23H36N2O3. The lowest BCUT2D eigenvalue weighted by Gasteiger charge is -2.32. The number of aliphatic hydroxyl groups is 2. The van der Waals surface area contributed by atoms with Gasteiger partial charge in [-0.05, 0) is 36.8 Å². The molecule has 1 heterocycles. The van der Waals surface area contributed by atoms with Gasteiger partial charge in [0.25, 0.3) is 0 Å². The van der Waals surface area contributed by atoms with Gasteiger partial charge in [-0.3, -0.25) is 4.79 Å². The summed E-state index contributed by atoms with van der Waals surface area (Å²) in [7, 11) is 0. The molecule has 0 spiro atoms. The number of hydrogen-bond donors (Lipinski definition) is 4. The summed E-state index contributed by atoms with van der Waals surface area (Å²) in [5, 5.41) is 26.4. The van der Waals surface area contributed by atoms with Crippen molar-refractivity contribution in [2.75, 3.05) is 13.2 Å². The minimum atomic E-state index is -0.916. The van der Waals surface area contributed by atoms with Crippen LogP contribution in [0.1, 0.15) is 69.5 Å². The van der Waals surface area contributed by atoms with Crippen LogP contribution in [-0.4, -0.2) is 41.4 Å². The monoisotopic (exact) mass is 388 g/mol. The fourth-order valence-corrected chi connectivity index (χ4v) is 4.80. The highest BCUT2D eigenvalue weighted by Crippen LogP contribution is 2.31. The number of carbonyl (C=O) groups excluding carboxylic acids is 1. The first-order chi connectivity index (χ1) is 13.7. The lowest BCUT2D eigenvalue weighted by molar-refractivity contribution is -0.126. The highest BCUT2D eigenvalue weighted by molar-refractivity contribution is 5.82. The summed E-state index contributed by atoms with van der Waals surface area (Å²) >= 11 is 0. The topological polar surface area (TPSA) is 81.6 Å². The average Bonchev–Trinajstić information content (AvgIpc) is 2.77. The smallest absolute Gasteiger partial charge is 0.237 e. The first-order valence-electron chi connectivity index (χ1n) is 11.0. The summed E-state index contributed by atoms with van der Waals surface area (Å²) in [6, 6.07) is 8.24. The quantitative estimate of drug-likeness (QED) is 0.552. The highest BCUT2D eigenvalue weighted by atomic mass is 16.3. The van der Waals surface area contributed by atoms with E-state index < -0.39 is 12.1 Å². The number of rotatable bonds is 8. The van der Waals surface area contributed by atoms with Gasteiger partial charge >= 0.3 is 0 Å². The molecule has 5 nitrogen and oxygen atoms in total. The number of carbonyl (C=O) groups is 1. The Balaban J connectivity index is 1.48. The largest absolute Gasteiger partial charge is 0.394 e. The molecule has 1 aliphatic carbocycles. The number of amides is 1. The summed E-state index contributed by atoms with van der Waals surface area (Å²) in [6.45, 7) is 0.568. The number of nitrogens with one attached hydrogen (secondary N) is 2. The van der Waals surface area contributed by atoms with Crippen molar-refractivity contribution in [3.8, 4) is 0 Å². The van der Waals surface area contributed by atoms with Gasteiger partial charge in [-0.15, -0.1) is 0 Å². The molecule has 2 fully saturated rings. The third kappa shape index (κ3) is 6.03. The van der Waals surface area contributed by atoms with Crippen LogP contribution in [0.25, 0.3) is 0 Å². The van der Waals surface area contributed by atoms with E-state index in [0.717, 1.165) is 25.3 Å². The molecule has 5 heteroatoms. The Morgan fingerprint density at radius 3 is 2.50 bits per heavy atom. The van der Waals surface area contributed by atoms with Gasteiger partial charge in [0.1, 0.15) is 6.10 Å². The van der Waals surface area contributed by atoms with E-state index in [9.17, 15) is 15.0 Å². The molecule has 1 aromatic carbocycles. The van der Waals surface area contributed by atoms with Crippen LogP contribution in [0.5, 0.6) is 0 Å². The molecule has 2 aliphatic rings. The summed E-state index contributed by atoms with van der Waals surface area (Å²) in [4.78, 5) is 12.8. The van der Waals surface area contributed by atoms with Crippen LogP contribution >= 0.6 is 0 Å². The van der Waals surface area contributed by atoms with Gasteiger partial charge in [-0.2, -0.15) is 0 Å². The lowest BCUT2D eigenvalue weighted by Crippen LogP contribution is -2.53. The van der Waals surface area contributed by atoms with Crippen molar-refractivity contribution in [1.82, 2.24) is 10.6 Å². The molecule has 4 unspecified atom stereocenters. The SMILES string of the molecule is O=C(NC(CO)C(O)c1ccccc1)C1CC(CCC2CCCCC2)CCN1. The van der Waals surface area contributed by atoms with Gasteiger partial charge in [0, 0.05) is 0 Å². The first-order valence-corrected chi connectivity index (χ1v) is 11.0. The Morgan fingerprint density at radius 2 is 1.79 bits per heavy atom. The van der Waals surface area contributed by atoms with E-state index in [0.29, 0.717) is 11.5 Å². The van der Waals surface area contributed by atoms with Crippen LogP contribution in [0.4, 0.5) is 0 Å². The third-order valence-electron chi connectivity index (χ3n) is 6.58. The van der Waals surface area contributed by atoms with Crippen LogP contribution < -0.4 is 10.6 Å². The van der Waals surface area contributed by atoms with Crippen molar-refractivity contribution in [1.29, 1.82) is 0 Å². The number of benzene rings is 1. The summed E-state index contributed by atoms with van der Waals surface area (Å²) in [5.41, 5.74) is 0.698. The van der Waals surface area contributed by atoms with Gasteiger partial charge in [-0.1, -0.05) is 75.3 Å². The van der Waals surface area contributed by atoms with Gasteiger partial charge in [-0.25, -0.2) is 0 Å². The van der Waals surface area contributed by atoms with Crippen LogP contribution in [0.3, 0.4) is 0 Å². The highest BCUT2D eigenvalue weighted by Gasteiger charge is 2.30. The van der Waals surface area contributed by atoms with Crippen LogP contribution in [-0.2, 0) is 4.79 Å². The number of aliphatic hydroxyl groups excluding tert-OH is 2. The molecule has 0 bridgehead atoms. The van der Waals surface area contributed by atoms with Crippen LogP contribution in [0, 0.1) is 11.8 Å². The molecule has 0 aromatic heterocycles. The van der Waals surface area contributed by atoms with Crippen molar-refractivity contribution >= 4 is 5.91 Å². The first kappa shape index (κ1) is 21.3. The van der Waals surface area contributed by atoms with Gasteiger partial charge in [0.15, 0.2) is 0 Å². The van der Waals surface area contributed by atoms with Gasteiger partial charge in [0.2, 0.25) is 5.91 Å². The van der Waals surface area contributed by atoms with Crippen molar-refractivity contribution in [2.45, 2.75) is 76.0 Å². The average molecular weight is 389 g/mol. The molecule has 0 radical (unpaired) electrons. The Morgan fingerprint density at radius 1 is 1.07 bits per heavy atom. The van der Waals surface area contributed by atoms with Crippen molar-refractivity contribution in [3.05, 3.63) is 35.9 Å². The summed E-state index contributed by atoms with van der Waals surface area (Å²) in [5.74, 6) is 1.36. The molecule has 1 saturated carbocycles. The summed E-state index contributed by atoms with van der Waals surface area (Å²) < 4.78 is 0. The molecule has 1 amide bonds. The summed E-state index contributed by atoms with van der Waals surface area (Å²) in [6.07, 6.45) is 10.5. The number of hydrogen-bond acceptors (Lipinski definition) is 4. The second-order valence-electron chi connectivity index (χ2n) is 8.63. The second-order valence-corrected chi connectivity index (χ2v) is 8.63. The Kier molecular flexibility index (Phi) is 8.31. The molecule has 4 atom stereocenters. The van der Waals surface area contributed by atoms with Gasteiger partial charge in [0.05, 0.1) is 18.7 Å². The molecule has 1 aromatic rings. The predicted molar refractivity (Wildman–Crippen MR) is 111 cm³/mol. The normalized spacial score (nSPS) is 25.8. The molecular weight excluding hydrogens is 352 g/mol. The minimum Gasteiger partial charge on any atom is -0.394 e. The van der Waals surface area contributed by atoms with E-state index in [-0.39, 0.29) is 18.6 Å². The molecule has 28 heavy (non-hydrogen) atoms. The molecule has 1 aliphatic heterocycles. The molecule has 156 valence electrons. The molecule has 4 N–H and O–H groups in total. The van der Waals surface area contributed by atoms with Crippen molar-refractivity contribution in [2.24, 2.45) is 11.8 Å². The maximum absolute atomic E-state index is 12.8. The van der Waals surface area contributed by atoms with E-state index >= 15 is 0 Å². The lowest BCUT2D eigenvalue weighted by atomic mass is 9.81. The zero-order valence-corrected chi connectivity index (χ0v) is 16.9. The van der Waals surface area contributed by atoms with Crippen LogP contribution in [0.15, 0.2) is 30.3 Å². The molecule has 1 saturated heterocycles. The van der Waals surface area contributed by atoms with Crippen molar-refractivity contribution < 1.29 is 15.0 Å². The van der Waals surface area contributed by atoms with Gasteiger partial charge < -0.3 is 20.8 Å². The van der Waals surface area contributed by atoms with E-state index in [1.54, 1.807) is 12.1 Å². The minimum absolute atomic E-state index is 0.114. The third-order valence-corrected chi connectivity index (χ3v) is 6.58. The van der Waals surface area contributed by atoms with E-state index in [4.69, 9.17) is 0 Å². The zero-order valence-electron chi connectivity index (χ0n) is 16.9. The molecule has 3 rings (SSSR count). The Hall–Kier alpha value is -1.43. The fourth-order valence-electron chi connectivity index (χ4n) is 4.80. The van der Waals surface area contributed by atoms with Crippen LogP contribution in [0.2, 0.25) is 0 Å². The van der Waals surface area contributed by atoms with E-state index in [1.807, 2.05) is 18.2 Å². The predicted octanol–water partition coefficient (Wildman–Crippen LogP) is 2.93. The second kappa shape index (κ2) is 10.9. The Bertz CT molecular complexity index is 589. The maximum atomic E-state index is 12.8. The zero-order chi connectivity index (χ0) is 19.8. The van der Waals surface area contributed by atoms with Crippen molar-refractivity contribution in [3.63, 3.8) is 0 Å².